The van der Waals surface area contributed by atoms with Gasteiger partial charge in [-0.15, -0.1) is 11.3 Å². The number of hydrogen-bond acceptors (Lipinski definition) is 4. The normalized spacial score (nSPS) is 14.7. The highest BCUT2D eigenvalue weighted by Crippen LogP contribution is 2.44. The molecule has 0 bridgehead atoms. The summed E-state index contributed by atoms with van der Waals surface area (Å²) >= 11 is 5.22. The molecular weight excluding hydrogens is 324 g/mol. The number of halogens is 1. The van der Waals surface area contributed by atoms with Crippen molar-refractivity contribution < 1.29 is 4.74 Å². The van der Waals surface area contributed by atoms with Gasteiger partial charge in [0.2, 0.25) is 0 Å². The van der Waals surface area contributed by atoms with Gasteiger partial charge in [0.25, 0.3) is 0 Å². The smallest absolute Gasteiger partial charge is 0.133 e. The topological polar surface area (TPSA) is 48.1 Å². The number of ether oxygens (including phenoxy) is 1. The second kappa shape index (κ2) is 5.23. The van der Waals surface area contributed by atoms with Gasteiger partial charge in [-0.05, 0) is 47.0 Å². The van der Waals surface area contributed by atoms with Crippen molar-refractivity contribution in [3.05, 3.63) is 33.2 Å². The maximum Gasteiger partial charge on any atom is 0.133 e. The van der Waals surface area contributed by atoms with Crippen LogP contribution < -0.4 is 10.5 Å². The van der Waals surface area contributed by atoms with Crippen molar-refractivity contribution in [2.45, 2.75) is 25.3 Å². The lowest BCUT2D eigenvalue weighted by molar-refractivity contribution is 0.412. The largest absolute Gasteiger partial charge is 0.496 e. The Morgan fingerprint density at radius 1 is 1.47 bits per heavy atom. The number of nitrogens with zero attached hydrogens (tertiary/aromatic N) is 1. The Balaban J connectivity index is 1.99. The van der Waals surface area contributed by atoms with E-state index < -0.39 is 0 Å². The van der Waals surface area contributed by atoms with E-state index in [2.05, 4.69) is 22.0 Å². The first-order valence-electron chi connectivity index (χ1n) is 6.26. The van der Waals surface area contributed by atoms with Crippen molar-refractivity contribution in [3.63, 3.8) is 0 Å². The third-order valence-electron chi connectivity index (χ3n) is 3.28. The number of rotatable bonds is 4. The summed E-state index contributed by atoms with van der Waals surface area (Å²) in [7, 11) is 1.67. The Morgan fingerprint density at radius 2 is 2.26 bits per heavy atom. The minimum Gasteiger partial charge on any atom is -0.496 e. The SMILES string of the molecule is COc1ccc(-c2nc(C3CC3)c(CN)s2)cc1Br. The zero-order chi connectivity index (χ0) is 13.4. The van der Waals surface area contributed by atoms with Crippen LogP contribution in [0.3, 0.4) is 0 Å². The molecule has 1 fully saturated rings. The van der Waals surface area contributed by atoms with Crippen molar-refractivity contribution in [1.82, 2.24) is 4.98 Å². The third kappa shape index (κ3) is 2.55. The minimum atomic E-state index is 0.584. The van der Waals surface area contributed by atoms with Gasteiger partial charge in [0.1, 0.15) is 10.8 Å². The lowest BCUT2D eigenvalue weighted by Crippen LogP contribution is -1.96. The third-order valence-corrected chi connectivity index (χ3v) is 5.04. The van der Waals surface area contributed by atoms with Crippen molar-refractivity contribution in [2.75, 3.05) is 7.11 Å². The number of nitrogens with two attached hydrogens (primary N) is 1. The number of aromatic nitrogens is 1. The predicted octanol–water partition coefficient (Wildman–Crippen LogP) is 3.92. The van der Waals surface area contributed by atoms with Crippen LogP contribution in [0.5, 0.6) is 5.75 Å². The van der Waals surface area contributed by atoms with Crippen molar-refractivity contribution in [2.24, 2.45) is 5.73 Å². The van der Waals surface area contributed by atoms with E-state index in [-0.39, 0.29) is 0 Å². The van der Waals surface area contributed by atoms with Crippen LogP contribution in [0.4, 0.5) is 0 Å². The molecule has 0 saturated heterocycles. The molecule has 1 aromatic carbocycles. The molecule has 1 aliphatic rings. The standard InChI is InChI=1S/C14H15BrN2OS/c1-18-11-5-4-9(6-10(11)15)14-17-13(8-2-3-8)12(7-16)19-14/h4-6,8H,2-3,7,16H2,1H3. The van der Waals surface area contributed by atoms with Gasteiger partial charge < -0.3 is 10.5 Å². The molecule has 19 heavy (non-hydrogen) atoms. The fraction of sp³-hybridized carbons (Fsp3) is 0.357. The first kappa shape index (κ1) is 13.1. The van der Waals surface area contributed by atoms with Gasteiger partial charge >= 0.3 is 0 Å². The van der Waals surface area contributed by atoms with Crippen LogP contribution in [0.2, 0.25) is 0 Å². The molecule has 1 saturated carbocycles. The average molecular weight is 339 g/mol. The van der Waals surface area contributed by atoms with E-state index in [0.29, 0.717) is 12.5 Å². The number of thiazole rings is 1. The molecule has 100 valence electrons. The van der Waals surface area contributed by atoms with Gasteiger partial charge in [-0.25, -0.2) is 4.98 Å². The quantitative estimate of drug-likeness (QED) is 0.919. The molecule has 2 aromatic rings. The fourth-order valence-corrected chi connectivity index (χ4v) is 3.67. The van der Waals surface area contributed by atoms with Crippen molar-refractivity contribution >= 4 is 27.3 Å². The van der Waals surface area contributed by atoms with E-state index in [4.69, 9.17) is 15.5 Å². The van der Waals surface area contributed by atoms with Crippen LogP contribution in [0.15, 0.2) is 22.7 Å². The lowest BCUT2D eigenvalue weighted by atomic mass is 10.2. The summed E-state index contributed by atoms with van der Waals surface area (Å²) in [5, 5.41) is 1.05. The van der Waals surface area contributed by atoms with Crippen LogP contribution in [0.1, 0.15) is 29.3 Å². The number of methoxy groups -OCH3 is 1. The highest BCUT2D eigenvalue weighted by atomic mass is 79.9. The summed E-state index contributed by atoms with van der Waals surface area (Å²) in [6.07, 6.45) is 2.50. The molecule has 0 amide bonds. The fourth-order valence-electron chi connectivity index (χ4n) is 2.11. The Labute approximate surface area is 124 Å². The number of hydrogen-bond donors (Lipinski definition) is 1. The highest BCUT2D eigenvalue weighted by molar-refractivity contribution is 9.10. The lowest BCUT2D eigenvalue weighted by Gasteiger charge is -2.04. The molecular formula is C14H15BrN2OS. The Bertz CT molecular complexity index is 607. The summed E-state index contributed by atoms with van der Waals surface area (Å²) < 4.78 is 6.20. The zero-order valence-electron chi connectivity index (χ0n) is 10.6. The summed E-state index contributed by atoms with van der Waals surface area (Å²) in [6, 6.07) is 6.05. The van der Waals surface area contributed by atoms with Gasteiger partial charge in [-0.1, -0.05) is 0 Å². The molecule has 1 aromatic heterocycles. The maximum atomic E-state index is 5.82. The summed E-state index contributed by atoms with van der Waals surface area (Å²) in [4.78, 5) is 6.01. The van der Waals surface area contributed by atoms with E-state index in [1.807, 2.05) is 12.1 Å². The number of benzene rings is 1. The first-order chi connectivity index (χ1) is 9.22. The molecule has 0 aliphatic heterocycles. The maximum absolute atomic E-state index is 5.82. The van der Waals surface area contributed by atoms with E-state index in [1.54, 1.807) is 18.4 Å². The van der Waals surface area contributed by atoms with E-state index in [0.717, 1.165) is 20.8 Å². The van der Waals surface area contributed by atoms with E-state index in [9.17, 15) is 0 Å². The Morgan fingerprint density at radius 3 is 2.84 bits per heavy atom. The zero-order valence-corrected chi connectivity index (χ0v) is 13.1. The molecule has 0 radical (unpaired) electrons. The Kier molecular flexibility index (Phi) is 3.60. The van der Waals surface area contributed by atoms with Gasteiger partial charge in [0.05, 0.1) is 17.3 Å². The minimum absolute atomic E-state index is 0.584. The second-order valence-corrected chi connectivity index (χ2v) is 6.59. The van der Waals surface area contributed by atoms with Crippen LogP contribution >= 0.6 is 27.3 Å². The van der Waals surface area contributed by atoms with Crippen LogP contribution in [-0.4, -0.2) is 12.1 Å². The molecule has 0 spiro atoms. The Hall–Kier alpha value is -0.910. The first-order valence-corrected chi connectivity index (χ1v) is 7.87. The average Bonchev–Trinajstić information content (AvgIpc) is 3.18. The van der Waals surface area contributed by atoms with Gasteiger partial charge in [0.15, 0.2) is 0 Å². The molecule has 1 heterocycles. The van der Waals surface area contributed by atoms with Gasteiger partial charge in [-0.3, -0.25) is 0 Å². The van der Waals surface area contributed by atoms with Gasteiger partial charge in [-0.2, -0.15) is 0 Å². The molecule has 0 atom stereocenters. The van der Waals surface area contributed by atoms with Gasteiger partial charge in [0, 0.05) is 22.9 Å². The van der Waals surface area contributed by atoms with E-state index >= 15 is 0 Å². The molecule has 3 nitrogen and oxygen atoms in total. The van der Waals surface area contributed by atoms with Crippen molar-refractivity contribution in [3.8, 4) is 16.3 Å². The molecule has 3 rings (SSSR count). The summed E-state index contributed by atoms with van der Waals surface area (Å²) in [5.74, 6) is 1.48. The molecule has 5 heteroatoms. The predicted molar refractivity (Wildman–Crippen MR) is 81.7 cm³/mol. The second-order valence-electron chi connectivity index (χ2n) is 4.66. The molecule has 1 aliphatic carbocycles. The summed E-state index contributed by atoms with van der Waals surface area (Å²) in [6.45, 7) is 0.584. The van der Waals surface area contributed by atoms with Crippen LogP contribution in [0.25, 0.3) is 10.6 Å². The van der Waals surface area contributed by atoms with E-state index in [1.165, 1.54) is 23.4 Å². The van der Waals surface area contributed by atoms with Crippen LogP contribution in [-0.2, 0) is 6.54 Å². The molecule has 2 N–H and O–H groups in total. The highest BCUT2D eigenvalue weighted by Gasteiger charge is 2.29. The summed E-state index contributed by atoms with van der Waals surface area (Å²) in [5.41, 5.74) is 8.15. The molecule has 0 unspecified atom stereocenters. The van der Waals surface area contributed by atoms with Crippen LogP contribution in [0, 0.1) is 0 Å². The van der Waals surface area contributed by atoms with Crippen molar-refractivity contribution in [1.29, 1.82) is 0 Å². The monoisotopic (exact) mass is 338 g/mol.